The lowest BCUT2D eigenvalue weighted by Gasteiger charge is -2.24. The van der Waals surface area contributed by atoms with Crippen molar-refractivity contribution in [3.63, 3.8) is 0 Å². The maximum atomic E-state index is 12.2. The van der Waals surface area contributed by atoms with Crippen LogP contribution in [0.2, 0.25) is 0 Å². The normalized spacial score (nSPS) is 18.1. The Hall–Kier alpha value is -1.89. The number of amides is 2. The molecule has 1 aromatic rings. The molecule has 21 heavy (non-hydrogen) atoms. The molecule has 5 nitrogen and oxygen atoms in total. The van der Waals surface area contributed by atoms with E-state index in [0.29, 0.717) is 12.2 Å². The van der Waals surface area contributed by atoms with Crippen LogP contribution in [0.25, 0.3) is 0 Å². The van der Waals surface area contributed by atoms with Crippen molar-refractivity contribution in [1.29, 1.82) is 0 Å². The van der Waals surface area contributed by atoms with E-state index in [-0.39, 0.29) is 24.4 Å². The molecular weight excluding hydrogens is 282 g/mol. The second-order valence-electron chi connectivity index (χ2n) is 4.80. The summed E-state index contributed by atoms with van der Waals surface area (Å²) in [5.41, 5.74) is 0.340. The van der Waals surface area contributed by atoms with Gasteiger partial charge < -0.3 is 20.1 Å². The van der Waals surface area contributed by atoms with E-state index in [1.54, 1.807) is 23.1 Å². The van der Waals surface area contributed by atoms with Gasteiger partial charge in [-0.2, -0.15) is 0 Å². The lowest BCUT2D eigenvalue weighted by Crippen LogP contribution is -2.40. The molecule has 0 aromatic heterocycles. The third-order valence-corrected chi connectivity index (χ3v) is 3.34. The summed E-state index contributed by atoms with van der Waals surface area (Å²) in [4.78, 5) is 13.7. The number of para-hydroxylation sites is 2. The molecular formula is C14H18F2N2O3. The van der Waals surface area contributed by atoms with Crippen LogP contribution in [0.1, 0.15) is 12.8 Å². The fourth-order valence-corrected chi connectivity index (χ4v) is 2.33. The summed E-state index contributed by atoms with van der Waals surface area (Å²) in [6.45, 7) is -0.246. The van der Waals surface area contributed by atoms with Gasteiger partial charge in [-0.25, -0.2) is 13.6 Å². The van der Waals surface area contributed by atoms with Crippen molar-refractivity contribution in [3.05, 3.63) is 24.3 Å². The van der Waals surface area contributed by atoms with Gasteiger partial charge in [0.2, 0.25) is 0 Å². The number of rotatable bonds is 5. The highest BCUT2D eigenvalue weighted by Crippen LogP contribution is 2.26. The van der Waals surface area contributed by atoms with Crippen LogP contribution in [-0.4, -0.2) is 48.3 Å². The zero-order chi connectivity index (χ0) is 15.2. The van der Waals surface area contributed by atoms with Crippen molar-refractivity contribution < 1.29 is 23.4 Å². The van der Waals surface area contributed by atoms with Crippen molar-refractivity contribution >= 4 is 11.7 Å². The van der Waals surface area contributed by atoms with Gasteiger partial charge in [0.15, 0.2) is 0 Å². The van der Waals surface area contributed by atoms with Crippen molar-refractivity contribution in [1.82, 2.24) is 4.90 Å². The maximum absolute atomic E-state index is 12.2. The molecule has 1 atom stereocenters. The molecule has 7 heteroatoms. The highest BCUT2D eigenvalue weighted by molar-refractivity contribution is 5.91. The standard InChI is InChI=1S/C14H18F2N2O3/c15-13(16)9-21-12-6-2-1-5-11(12)17-14(20)18-7-3-4-10(18)8-19/h1-2,5-6,10,13,19H,3-4,7-9H2,(H,17,20). The molecule has 1 aliphatic heterocycles. The fourth-order valence-electron chi connectivity index (χ4n) is 2.33. The first kappa shape index (κ1) is 15.5. The Morgan fingerprint density at radius 2 is 2.24 bits per heavy atom. The number of nitrogens with zero attached hydrogens (tertiary/aromatic N) is 1. The number of urea groups is 1. The van der Waals surface area contributed by atoms with Gasteiger partial charge in [0.1, 0.15) is 12.4 Å². The fraction of sp³-hybridized carbons (Fsp3) is 0.500. The van der Waals surface area contributed by atoms with Gasteiger partial charge in [-0.15, -0.1) is 0 Å². The average molecular weight is 300 g/mol. The lowest BCUT2D eigenvalue weighted by atomic mass is 10.2. The Morgan fingerprint density at radius 3 is 2.95 bits per heavy atom. The van der Waals surface area contributed by atoms with E-state index >= 15 is 0 Å². The number of hydrogen-bond acceptors (Lipinski definition) is 3. The Labute approximate surface area is 121 Å². The van der Waals surface area contributed by atoms with Crippen molar-refractivity contribution in [2.75, 3.05) is 25.1 Å². The van der Waals surface area contributed by atoms with Crippen molar-refractivity contribution in [2.45, 2.75) is 25.3 Å². The van der Waals surface area contributed by atoms with E-state index in [4.69, 9.17) is 4.74 Å². The molecule has 0 bridgehead atoms. The molecule has 2 rings (SSSR count). The molecule has 0 spiro atoms. The summed E-state index contributed by atoms with van der Waals surface area (Å²) < 4.78 is 29.4. The van der Waals surface area contributed by atoms with E-state index in [9.17, 15) is 18.7 Å². The summed E-state index contributed by atoms with van der Waals surface area (Å²) in [6.07, 6.45) is -0.985. The van der Waals surface area contributed by atoms with Crippen LogP contribution in [0.3, 0.4) is 0 Å². The minimum absolute atomic E-state index is 0.0864. The van der Waals surface area contributed by atoms with Crippen LogP contribution in [0.15, 0.2) is 24.3 Å². The van der Waals surface area contributed by atoms with Gasteiger partial charge in [-0.1, -0.05) is 12.1 Å². The molecule has 0 aliphatic carbocycles. The van der Waals surface area contributed by atoms with Crippen LogP contribution in [-0.2, 0) is 0 Å². The zero-order valence-electron chi connectivity index (χ0n) is 11.5. The second-order valence-corrected chi connectivity index (χ2v) is 4.80. The highest BCUT2D eigenvalue weighted by Gasteiger charge is 2.28. The third-order valence-electron chi connectivity index (χ3n) is 3.34. The minimum Gasteiger partial charge on any atom is -0.485 e. The highest BCUT2D eigenvalue weighted by atomic mass is 19.3. The van der Waals surface area contributed by atoms with E-state index in [1.165, 1.54) is 6.07 Å². The predicted octanol–water partition coefficient (Wildman–Crippen LogP) is 2.32. The number of halogens is 2. The van der Waals surface area contributed by atoms with Crippen molar-refractivity contribution in [3.8, 4) is 5.75 Å². The smallest absolute Gasteiger partial charge is 0.322 e. The molecule has 1 saturated heterocycles. The topological polar surface area (TPSA) is 61.8 Å². The van der Waals surface area contributed by atoms with Gasteiger partial charge in [0, 0.05) is 6.54 Å². The number of benzene rings is 1. The van der Waals surface area contributed by atoms with E-state index < -0.39 is 13.0 Å². The number of likely N-dealkylation sites (tertiary alicyclic amines) is 1. The number of aliphatic hydroxyl groups excluding tert-OH is 1. The van der Waals surface area contributed by atoms with Gasteiger partial charge in [0.25, 0.3) is 6.43 Å². The number of aliphatic hydroxyl groups is 1. The van der Waals surface area contributed by atoms with E-state index in [1.807, 2.05) is 0 Å². The molecule has 116 valence electrons. The molecule has 1 fully saturated rings. The Balaban J connectivity index is 2.03. The summed E-state index contributed by atoms with van der Waals surface area (Å²) in [5.74, 6) is 0.200. The quantitative estimate of drug-likeness (QED) is 0.877. The number of anilines is 1. The minimum atomic E-state index is -2.58. The van der Waals surface area contributed by atoms with Crippen molar-refractivity contribution in [2.24, 2.45) is 0 Å². The van der Waals surface area contributed by atoms with E-state index in [2.05, 4.69) is 5.32 Å². The van der Waals surface area contributed by atoms with Gasteiger partial charge in [-0.05, 0) is 25.0 Å². The van der Waals surface area contributed by atoms with Gasteiger partial charge in [0.05, 0.1) is 18.3 Å². The molecule has 1 heterocycles. The number of alkyl halides is 2. The Morgan fingerprint density at radius 1 is 1.48 bits per heavy atom. The first-order valence-electron chi connectivity index (χ1n) is 6.80. The zero-order valence-corrected chi connectivity index (χ0v) is 11.5. The molecule has 0 radical (unpaired) electrons. The van der Waals surface area contributed by atoms with Crippen LogP contribution in [0.5, 0.6) is 5.75 Å². The number of carbonyl (C=O) groups is 1. The molecule has 0 saturated carbocycles. The average Bonchev–Trinajstić information content (AvgIpc) is 2.94. The number of ether oxygens (including phenoxy) is 1. The maximum Gasteiger partial charge on any atom is 0.322 e. The summed E-state index contributed by atoms with van der Waals surface area (Å²) in [5, 5.41) is 11.9. The molecule has 2 N–H and O–H groups in total. The van der Waals surface area contributed by atoms with Crippen LogP contribution < -0.4 is 10.1 Å². The molecule has 1 aromatic carbocycles. The number of carbonyl (C=O) groups excluding carboxylic acids is 1. The first-order valence-corrected chi connectivity index (χ1v) is 6.80. The third kappa shape index (κ3) is 4.04. The summed E-state index contributed by atoms with van der Waals surface area (Å²) in [6, 6.07) is 5.87. The van der Waals surface area contributed by atoms with Crippen LogP contribution in [0, 0.1) is 0 Å². The van der Waals surface area contributed by atoms with Crippen LogP contribution in [0.4, 0.5) is 19.3 Å². The predicted molar refractivity (Wildman–Crippen MR) is 73.8 cm³/mol. The molecule has 2 amide bonds. The molecule has 1 aliphatic rings. The van der Waals surface area contributed by atoms with Gasteiger partial charge >= 0.3 is 6.03 Å². The Kier molecular flexibility index (Phi) is 5.32. The number of nitrogens with one attached hydrogen (secondary N) is 1. The number of hydrogen-bond donors (Lipinski definition) is 2. The Bertz CT molecular complexity index is 485. The first-order chi connectivity index (χ1) is 10.1. The monoisotopic (exact) mass is 300 g/mol. The lowest BCUT2D eigenvalue weighted by molar-refractivity contribution is 0.0822. The largest absolute Gasteiger partial charge is 0.485 e. The SMILES string of the molecule is O=C(Nc1ccccc1OCC(F)F)N1CCCC1CO. The summed E-state index contributed by atoms with van der Waals surface area (Å²) >= 11 is 0. The molecule has 1 unspecified atom stereocenters. The van der Waals surface area contributed by atoms with Gasteiger partial charge in [-0.3, -0.25) is 0 Å². The summed E-state index contributed by atoms with van der Waals surface area (Å²) in [7, 11) is 0. The van der Waals surface area contributed by atoms with E-state index in [0.717, 1.165) is 12.8 Å². The second kappa shape index (κ2) is 7.21. The van der Waals surface area contributed by atoms with Crippen LogP contribution >= 0.6 is 0 Å².